The first kappa shape index (κ1) is 16.8. The molecule has 0 amide bonds. The second kappa shape index (κ2) is 8.11. The monoisotopic (exact) mass is 303 g/mol. The van der Waals surface area contributed by atoms with Crippen molar-refractivity contribution in [2.75, 3.05) is 13.7 Å². The van der Waals surface area contributed by atoms with E-state index in [4.69, 9.17) is 27.9 Å². The molecular weight excluding hydrogens is 281 g/mol. The van der Waals surface area contributed by atoms with Crippen molar-refractivity contribution >= 4 is 23.2 Å². The molecule has 0 radical (unpaired) electrons. The summed E-state index contributed by atoms with van der Waals surface area (Å²) in [5, 5.41) is 4.70. The molecule has 2 nitrogen and oxygen atoms in total. The zero-order valence-corrected chi connectivity index (χ0v) is 13.6. The zero-order chi connectivity index (χ0) is 14.4. The fourth-order valence-corrected chi connectivity index (χ4v) is 2.53. The van der Waals surface area contributed by atoms with Crippen molar-refractivity contribution in [3.05, 3.63) is 33.8 Å². The molecule has 2 unspecified atom stereocenters. The fraction of sp³-hybridized carbons (Fsp3) is 0.600. The molecule has 0 heterocycles. The first-order valence-corrected chi connectivity index (χ1v) is 7.48. The summed E-state index contributed by atoms with van der Waals surface area (Å²) in [6.07, 6.45) is 1.18. The zero-order valence-electron chi connectivity index (χ0n) is 12.0. The van der Waals surface area contributed by atoms with E-state index >= 15 is 0 Å². The minimum absolute atomic E-state index is 0.101. The Morgan fingerprint density at radius 1 is 1.21 bits per heavy atom. The SMILES string of the molecule is CCCNC(c1ccc(Cl)c(Cl)c1)C(OC)C(C)C. The molecule has 0 bridgehead atoms. The lowest BCUT2D eigenvalue weighted by Crippen LogP contribution is -2.37. The molecule has 0 aromatic heterocycles. The highest BCUT2D eigenvalue weighted by atomic mass is 35.5. The van der Waals surface area contributed by atoms with Crippen molar-refractivity contribution in [2.45, 2.75) is 39.3 Å². The summed E-state index contributed by atoms with van der Waals surface area (Å²) in [6.45, 7) is 7.41. The van der Waals surface area contributed by atoms with Crippen LogP contribution in [0.15, 0.2) is 18.2 Å². The van der Waals surface area contributed by atoms with Gasteiger partial charge < -0.3 is 10.1 Å². The third kappa shape index (κ3) is 4.64. The quantitative estimate of drug-likeness (QED) is 0.788. The van der Waals surface area contributed by atoms with Crippen LogP contribution in [0.25, 0.3) is 0 Å². The van der Waals surface area contributed by atoms with Gasteiger partial charge in [0.1, 0.15) is 0 Å². The molecule has 0 aliphatic rings. The molecule has 0 saturated carbocycles. The number of nitrogens with one attached hydrogen (secondary N) is 1. The summed E-state index contributed by atoms with van der Waals surface area (Å²) in [6, 6.07) is 5.90. The van der Waals surface area contributed by atoms with Gasteiger partial charge in [0.2, 0.25) is 0 Å². The van der Waals surface area contributed by atoms with Crippen LogP contribution >= 0.6 is 23.2 Å². The van der Waals surface area contributed by atoms with Crippen molar-refractivity contribution < 1.29 is 4.74 Å². The topological polar surface area (TPSA) is 21.3 Å². The lowest BCUT2D eigenvalue weighted by Gasteiger charge is -2.30. The van der Waals surface area contributed by atoms with Crippen LogP contribution in [0.3, 0.4) is 0 Å². The Morgan fingerprint density at radius 3 is 2.37 bits per heavy atom. The van der Waals surface area contributed by atoms with Gasteiger partial charge in [0.25, 0.3) is 0 Å². The van der Waals surface area contributed by atoms with Crippen LogP contribution < -0.4 is 5.32 Å². The second-order valence-corrected chi connectivity index (χ2v) is 5.86. The van der Waals surface area contributed by atoms with Crippen molar-refractivity contribution in [1.29, 1.82) is 0 Å². The molecule has 4 heteroatoms. The van der Waals surface area contributed by atoms with Crippen LogP contribution in [0.1, 0.15) is 38.8 Å². The van der Waals surface area contributed by atoms with E-state index in [-0.39, 0.29) is 12.1 Å². The molecule has 0 fully saturated rings. The van der Waals surface area contributed by atoms with Gasteiger partial charge in [-0.3, -0.25) is 0 Å². The number of benzene rings is 1. The molecule has 1 rings (SSSR count). The maximum Gasteiger partial charge on any atom is 0.0788 e. The third-order valence-corrected chi connectivity index (χ3v) is 3.91. The lowest BCUT2D eigenvalue weighted by atomic mass is 9.93. The molecule has 19 heavy (non-hydrogen) atoms. The average molecular weight is 304 g/mol. The molecule has 108 valence electrons. The first-order valence-electron chi connectivity index (χ1n) is 6.72. The van der Waals surface area contributed by atoms with Crippen LogP contribution in [0, 0.1) is 5.92 Å². The van der Waals surface area contributed by atoms with E-state index in [1.54, 1.807) is 7.11 Å². The highest BCUT2D eigenvalue weighted by Gasteiger charge is 2.25. The number of hydrogen-bond donors (Lipinski definition) is 1. The molecule has 1 N–H and O–H groups in total. The maximum absolute atomic E-state index is 6.12. The van der Waals surface area contributed by atoms with Crippen LogP contribution in [0.2, 0.25) is 10.0 Å². The Balaban J connectivity index is 3.03. The Morgan fingerprint density at radius 2 is 1.89 bits per heavy atom. The number of hydrogen-bond acceptors (Lipinski definition) is 2. The Labute approximate surface area is 126 Å². The maximum atomic E-state index is 6.12. The van der Waals surface area contributed by atoms with Crippen molar-refractivity contribution in [1.82, 2.24) is 5.32 Å². The molecule has 1 aromatic rings. The smallest absolute Gasteiger partial charge is 0.0788 e. The number of halogens is 2. The number of ether oxygens (including phenoxy) is 1. The summed E-state index contributed by atoms with van der Waals surface area (Å²) in [5.74, 6) is 0.411. The summed E-state index contributed by atoms with van der Waals surface area (Å²) >= 11 is 12.1. The van der Waals surface area contributed by atoms with E-state index in [1.165, 1.54) is 0 Å². The van der Waals surface area contributed by atoms with Gasteiger partial charge in [-0.1, -0.05) is 50.0 Å². The van der Waals surface area contributed by atoms with E-state index in [1.807, 2.05) is 18.2 Å². The Kier molecular flexibility index (Phi) is 7.16. The van der Waals surface area contributed by atoms with E-state index in [9.17, 15) is 0 Å². The summed E-state index contributed by atoms with van der Waals surface area (Å²) in [5.41, 5.74) is 1.11. The van der Waals surface area contributed by atoms with Gasteiger partial charge >= 0.3 is 0 Å². The van der Waals surface area contributed by atoms with Gasteiger partial charge in [0.15, 0.2) is 0 Å². The minimum Gasteiger partial charge on any atom is -0.379 e. The Bertz CT molecular complexity index is 396. The summed E-state index contributed by atoms with van der Waals surface area (Å²) in [7, 11) is 1.75. The van der Waals surface area contributed by atoms with Gasteiger partial charge in [-0.25, -0.2) is 0 Å². The number of methoxy groups -OCH3 is 1. The van der Waals surface area contributed by atoms with E-state index < -0.39 is 0 Å². The minimum atomic E-state index is 0.101. The molecular formula is C15H23Cl2NO. The fourth-order valence-electron chi connectivity index (χ4n) is 2.22. The largest absolute Gasteiger partial charge is 0.379 e. The molecule has 1 aromatic carbocycles. The predicted molar refractivity (Wildman–Crippen MR) is 83.1 cm³/mol. The third-order valence-electron chi connectivity index (χ3n) is 3.17. The molecule has 0 aliphatic heterocycles. The van der Waals surface area contributed by atoms with Crippen LogP contribution in [-0.2, 0) is 4.74 Å². The van der Waals surface area contributed by atoms with Crippen molar-refractivity contribution in [3.8, 4) is 0 Å². The first-order chi connectivity index (χ1) is 9.01. The van der Waals surface area contributed by atoms with E-state index in [0.717, 1.165) is 18.5 Å². The summed E-state index contributed by atoms with van der Waals surface area (Å²) in [4.78, 5) is 0. The second-order valence-electron chi connectivity index (χ2n) is 5.05. The number of rotatable bonds is 7. The van der Waals surface area contributed by atoms with E-state index in [2.05, 4.69) is 26.1 Å². The summed E-state index contributed by atoms with van der Waals surface area (Å²) < 4.78 is 5.66. The highest BCUT2D eigenvalue weighted by molar-refractivity contribution is 6.42. The van der Waals surface area contributed by atoms with E-state index in [0.29, 0.717) is 16.0 Å². The van der Waals surface area contributed by atoms with Gasteiger partial charge in [-0.05, 0) is 36.6 Å². The van der Waals surface area contributed by atoms with Crippen molar-refractivity contribution in [3.63, 3.8) is 0 Å². The molecule has 0 aliphatic carbocycles. The highest BCUT2D eigenvalue weighted by Crippen LogP contribution is 2.30. The van der Waals surface area contributed by atoms with Gasteiger partial charge in [-0.15, -0.1) is 0 Å². The van der Waals surface area contributed by atoms with Gasteiger partial charge in [0, 0.05) is 7.11 Å². The molecule has 2 atom stereocenters. The van der Waals surface area contributed by atoms with Gasteiger partial charge in [-0.2, -0.15) is 0 Å². The normalized spacial score (nSPS) is 14.7. The molecule has 0 spiro atoms. The van der Waals surface area contributed by atoms with Crippen LogP contribution in [0.5, 0.6) is 0 Å². The van der Waals surface area contributed by atoms with Crippen molar-refractivity contribution in [2.24, 2.45) is 5.92 Å². The Hall–Kier alpha value is -0.280. The lowest BCUT2D eigenvalue weighted by molar-refractivity contribution is 0.0327. The standard InChI is InChI=1S/C15H23Cl2NO/c1-5-8-18-14(15(19-4)10(2)3)11-6-7-12(16)13(17)9-11/h6-7,9-10,14-15,18H,5,8H2,1-4H3. The van der Waals surface area contributed by atoms with Crippen LogP contribution in [-0.4, -0.2) is 19.8 Å². The average Bonchev–Trinajstić information content (AvgIpc) is 2.37. The predicted octanol–water partition coefficient (Wildman–Crippen LogP) is 4.71. The molecule has 0 saturated heterocycles. The van der Waals surface area contributed by atoms with Gasteiger partial charge in [0.05, 0.1) is 22.2 Å². The van der Waals surface area contributed by atoms with Crippen LogP contribution in [0.4, 0.5) is 0 Å².